The summed E-state index contributed by atoms with van der Waals surface area (Å²) in [6.07, 6.45) is 11.1. The number of carbonyl (C=O) groups excluding carboxylic acids is 1. The van der Waals surface area contributed by atoms with Crippen molar-refractivity contribution in [3.05, 3.63) is 34.4 Å². The van der Waals surface area contributed by atoms with Gasteiger partial charge in [0, 0.05) is 37.7 Å². The zero-order chi connectivity index (χ0) is 26.2. The molecule has 4 aliphatic carbocycles. The molecule has 0 radical (unpaired) electrons. The monoisotopic (exact) mass is 512 g/mol. The third-order valence-electron chi connectivity index (χ3n) is 12.2. The van der Waals surface area contributed by atoms with Gasteiger partial charge in [-0.05, 0) is 105 Å². The van der Waals surface area contributed by atoms with E-state index in [1.807, 2.05) is 18.0 Å². The van der Waals surface area contributed by atoms with E-state index >= 15 is 0 Å². The van der Waals surface area contributed by atoms with Crippen LogP contribution in [-0.4, -0.2) is 63.9 Å². The smallest absolute Gasteiger partial charge is 0.335 e. The molecule has 1 aromatic heterocycles. The van der Waals surface area contributed by atoms with Gasteiger partial charge in [0.15, 0.2) is 0 Å². The fourth-order valence-corrected chi connectivity index (χ4v) is 9.95. The molecule has 2 heterocycles. The lowest BCUT2D eigenvalue weighted by molar-refractivity contribution is -0.203. The molecule has 0 bridgehead atoms. The molecule has 7 heteroatoms. The van der Waals surface area contributed by atoms with E-state index in [4.69, 9.17) is 4.42 Å². The predicted molar refractivity (Wildman–Crippen MR) is 140 cm³/mol. The number of likely N-dealkylation sites (tertiary alicyclic amines) is 1. The summed E-state index contributed by atoms with van der Waals surface area (Å²) in [4.78, 5) is 28.4. The molecule has 1 saturated heterocycles. The number of aliphatic hydroxyl groups is 2. The number of β-amino-alcohol motifs (C(OH)–C–C–N with tert-alkyl or cyclic N) is 1. The molecule has 5 aliphatic rings. The molecular formula is C30H44N2O5. The van der Waals surface area contributed by atoms with Crippen LogP contribution < -0.4 is 5.63 Å². The maximum absolute atomic E-state index is 13.1. The highest BCUT2D eigenvalue weighted by Gasteiger charge is 2.67. The molecule has 37 heavy (non-hydrogen) atoms. The van der Waals surface area contributed by atoms with Crippen molar-refractivity contribution in [1.29, 1.82) is 0 Å². The molecule has 6 rings (SSSR count). The van der Waals surface area contributed by atoms with Crippen LogP contribution in [-0.2, 0) is 0 Å². The van der Waals surface area contributed by atoms with Crippen molar-refractivity contribution in [1.82, 2.24) is 9.80 Å². The quantitative estimate of drug-likeness (QED) is 0.614. The fourth-order valence-electron chi connectivity index (χ4n) is 9.95. The van der Waals surface area contributed by atoms with Crippen molar-refractivity contribution in [3.8, 4) is 0 Å². The molecule has 2 N–H and O–H groups in total. The molecule has 0 aromatic carbocycles. The Morgan fingerprint density at radius 1 is 1.05 bits per heavy atom. The maximum Gasteiger partial charge on any atom is 0.335 e. The standard InChI is InChI=1S/C30H44N2O5/c1-28-12-8-21(31(3)27(35)32-15-11-22(33)17-32)16-20(28)5-6-25-24(28)9-13-29(2)23(10-14-30(25,29)36)19-4-7-26(34)37-18-19/h4,7,18,20-25,33,36H,5-6,8-17H2,1-3H3/t20-,21-,22-,23-,24-,25-,28-,29-,30-/m1/s1. The van der Waals surface area contributed by atoms with Crippen LogP contribution in [0.4, 0.5) is 4.79 Å². The second-order valence-corrected chi connectivity index (χ2v) is 13.6. The van der Waals surface area contributed by atoms with Gasteiger partial charge in [-0.15, -0.1) is 0 Å². The Morgan fingerprint density at radius 2 is 1.86 bits per heavy atom. The molecule has 0 unspecified atom stereocenters. The first kappa shape index (κ1) is 25.4. The van der Waals surface area contributed by atoms with E-state index in [-0.39, 0.29) is 40.6 Å². The lowest BCUT2D eigenvalue weighted by atomic mass is 9.43. The molecule has 9 atom stereocenters. The van der Waals surface area contributed by atoms with Gasteiger partial charge in [-0.2, -0.15) is 0 Å². The minimum absolute atomic E-state index is 0.0651. The SMILES string of the molecule is CN(C(=O)N1CC[C@@H](O)C1)[C@@H]1CC[C@]2(C)[C@H](CC[C@@H]3[C@H]2CC[C@]2(C)[C@@H](c4ccc(=O)oc4)CC[C@@]32O)C1. The van der Waals surface area contributed by atoms with Crippen LogP contribution >= 0.6 is 0 Å². The Bertz CT molecular complexity index is 1090. The van der Waals surface area contributed by atoms with Crippen LogP contribution in [0.2, 0.25) is 0 Å². The van der Waals surface area contributed by atoms with E-state index in [2.05, 4.69) is 13.8 Å². The highest BCUT2D eigenvalue weighted by molar-refractivity contribution is 5.75. The number of rotatable bonds is 2. The van der Waals surface area contributed by atoms with Gasteiger partial charge in [0.25, 0.3) is 0 Å². The minimum atomic E-state index is -0.690. The van der Waals surface area contributed by atoms with Crippen molar-refractivity contribution in [3.63, 3.8) is 0 Å². The van der Waals surface area contributed by atoms with E-state index in [1.54, 1.807) is 11.2 Å². The van der Waals surface area contributed by atoms with E-state index in [0.29, 0.717) is 37.3 Å². The molecule has 1 aliphatic heterocycles. The largest absolute Gasteiger partial charge is 0.431 e. The lowest BCUT2D eigenvalue weighted by Gasteiger charge is -2.64. The number of aliphatic hydroxyl groups excluding tert-OH is 1. The second kappa shape index (κ2) is 8.84. The van der Waals surface area contributed by atoms with Crippen LogP contribution in [0.25, 0.3) is 0 Å². The molecule has 0 spiro atoms. The Morgan fingerprint density at radius 3 is 2.57 bits per heavy atom. The van der Waals surface area contributed by atoms with Crippen LogP contribution in [0.5, 0.6) is 0 Å². The Balaban J connectivity index is 1.19. The third kappa shape index (κ3) is 3.74. The van der Waals surface area contributed by atoms with Crippen LogP contribution in [0.1, 0.15) is 89.5 Å². The molecular weight excluding hydrogens is 468 g/mol. The van der Waals surface area contributed by atoms with Crippen LogP contribution in [0.3, 0.4) is 0 Å². The first-order valence-electron chi connectivity index (χ1n) is 14.6. The second-order valence-electron chi connectivity index (χ2n) is 13.6. The normalized spacial score (nSPS) is 45.2. The molecule has 2 amide bonds. The molecule has 4 saturated carbocycles. The molecule has 5 fully saturated rings. The number of hydrogen-bond acceptors (Lipinski definition) is 5. The number of nitrogens with zero attached hydrogens (tertiary/aromatic N) is 2. The van der Waals surface area contributed by atoms with E-state index in [1.165, 1.54) is 6.07 Å². The van der Waals surface area contributed by atoms with Gasteiger partial charge >= 0.3 is 11.7 Å². The zero-order valence-electron chi connectivity index (χ0n) is 22.7. The van der Waals surface area contributed by atoms with Crippen molar-refractivity contribution < 1.29 is 19.4 Å². The maximum atomic E-state index is 13.1. The van der Waals surface area contributed by atoms with Gasteiger partial charge in [0.1, 0.15) is 0 Å². The van der Waals surface area contributed by atoms with Gasteiger partial charge in [0.05, 0.1) is 18.0 Å². The summed E-state index contributed by atoms with van der Waals surface area (Å²) in [6.45, 7) is 5.87. The van der Waals surface area contributed by atoms with Crippen molar-refractivity contribution in [2.45, 2.75) is 102 Å². The summed E-state index contributed by atoms with van der Waals surface area (Å²) in [7, 11) is 1.95. The molecule has 204 valence electrons. The average Bonchev–Trinajstić information content (AvgIpc) is 3.43. The first-order valence-corrected chi connectivity index (χ1v) is 14.6. The number of hydrogen-bond donors (Lipinski definition) is 2. The number of urea groups is 1. The van der Waals surface area contributed by atoms with Crippen LogP contribution in [0, 0.1) is 28.6 Å². The lowest BCUT2D eigenvalue weighted by Crippen LogP contribution is -2.62. The van der Waals surface area contributed by atoms with Gasteiger partial charge in [-0.25, -0.2) is 9.59 Å². The highest BCUT2D eigenvalue weighted by atomic mass is 16.4. The topological polar surface area (TPSA) is 94.2 Å². The molecule has 1 aromatic rings. The van der Waals surface area contributed by atoms with Gasteiger partial charge < -0.3 is 24.4 Å². The van der Waals surface area contributed by atoms with Gasteiger partial charge in [-0.3, -0.25) is 0 Å². The zero-order valence-corrected chi connectivity index (χ0v) is 22.7. The summed E-state index contributed by atoms with van der Waals surface area (Å²) >= 11 is 0. The van der Waals surface area contributed by atoms with E-state index in [0.717, 1.165) is 63.4 Å². The third-order valence-corrected chi connectivity index (χ3v) is 12.2. The predicted octanol–water partition coefficient (Wildman–Crippen LogP) is 4.37. The summed E-state index contributed by atoms with van der Waals surface area (Å²) in [5, 5.41) is 22.3. The van der Waals surface area contributed by atoms with E-state index < -0.39 is 5.60 Å². The first-order chi connectivity index (χ1) is 17.6. The van der Waals surface area contributed by atoms with Gasteiger partial charge in [-0.1, -0.05) is 13.8 Å². The number of amides is 2. The van der Waals surface area contributed by atoms with Crippen molar-refractivity contribution in [2.75, 3.05) is 20.1 Å². The molecule has 7 nitrogen and oxygen atoms in total. The van der Waals surface area contributed by atoms with Gasteiger partial charge in [0.2, 0.25) is 0 Å². The Kier molecular flexibility index (Phi) is 6.07. The number of fused-ring (bicyclic) bond motifs is 5. The number of carbonyl (C=O) groups is 1. The minimum Gasteiger partial charge on any atom is -0.431 e. The van der Waals surface area contributed by atoms with Crippen molar-refractivity contribution >= 4 is 6.03 Å². The fraction of sp³-hybridized carbons (Fsp3) is 0.800. The highest BCUT2D eigenvalue weighted by Crippen LogP contribution is 2.70. The summed E-state index contributed by atoms with van der Waals surface area (Å²) in [6, 6.07) is 3.73. The van der Waals surface area contributed by atoms with Crippen LogP contribution in [0.15, 0.2) is 27.6 Å². The average molecular weight is 513 g/mol. The Hall–Kier alpha value is -1.86. The van der Waals surface area contributed by atoms with E-state index in [9.17, 15) is 19.8 Å². The Labute approximate surface area is 220 Å². The summed E-state index contributed by atoms with van der Waals surface area (Å²) in [5.74, 6) is 1.59. The summed E-state index contributed by atoms with van der Waals surface area (Å²) in [5.41, 5.74) is 0.0295. The van der Waals surface area contributed by atoms with Crippen molar-refractivity contribution in [2.24, 2.45) is 28.6 Å². The summed E-state index contributed by atoms with van der Waals surface area (Å²) < 4.78 is 5.22.